The summed E-state index contributed by atoms with van der Waals surface area (Å²) < 4.78 is 4.43. The van der Waals surface area contributed by atoms with E-state index in [1.54, 1.807) is 19.1 Å². The zero-order valence-electron chi connectivity index (χ0n) is 11.2. The summed E-state index contributed by atoms with van der Waals surface area (Å²) in [4.78, 5) is 33.6. The first kappa shape index (κ1) is 15.5. The van der Waals surface area contributed by atoms with E-state index in [1.165, 1.54) is 13.2 Å². The number of rotatable bonds is 5. The maximum Gasteiger partial charge on any atom is 0.338 e. The lowest BCUT2D eigenvalue weighted by atomic mass is 10.1. The third kappa shape index (κ3) is 4.27. The van der Waals surface area contributed by atoms with Crippen LogP contribution in [0.25, 0.3) is 0 Å². The number of carbonyl (C=O) groups excluding carboxylic acids is 2. The number of esters is 1. The maximum atomic E-state index is 11.6. The summed E-state index contributed by atoms with van der Waals surface area (Å²) in [6.45, 7) is 1.75. The van der Waals surface area contributed by atoms with E-state index in [0.717, 1.165) is 0 Å². The number of nitrogens with one attached hydrogen (secondary N) is 2. The number of aromatic carboxylic acids is 1. The molecule has 7 nitrogen and oxygen atoms in total. The molecule has 3 N–H and O–H groups in total. The van der Waals surface area contributed by atoms with Crippen LogP contribution in [0.3, 0.4) is 0 Å². The molecule has 7 heteroatoms. The molecule has 0 saturated carbocycles. The van der Waals surface area contributed by atoms with Crippen LogP contribution in [0.15, 0.2) is 18.2 Å². The Labute approximate surface area is 115 Å². The lowest BCUT2D eigenvalue weighted by molar-refractivity contribution is -0.140. The average Bonchev–Trinajstić information content (AvgIpc) is 2.38. The van der Waals surface area contributed by atoms with Gasteiger partial charge in [-0.2, -0.15) is 0 Å². The van der Waals surface area contributed by atoms with Gasteiger partial charge in [0.05, 0.1) is 24.8 Å². The van der Waals surface area contributed by atoms with Crippen LogP contribution < -0.4 is 10.6 Å². The Kier molecular flexibility index (Phi) is 5.52. The van der Waals surface area contributed by atoms with Gasteiger partial charge in [-0.15, -0.1) is 0 Å². The molecule has 2 amide bonds. The fourth-order valence-corrected chi connectivity index (χ4v) is 1.60. The van der Waals surface area contributed by atoms with Crippen molar-refractivity contribution < 1.29 is 24.2 Å². The second-order valence-corrected chi connectivity index (χ2v) is 4.01. The van der Waals surface area contributed by atoms with E-state index in [2.05, 4.69) is 15.4 Å². The lowest BCUT2D eigenvalue weighted by Crippen LogP contribution is -2.31. The summed E-state index contributed by atoms with van der Waals surface area (Å²) in [6.07, 6.45) is 0.0452. The maximum absolute atomic E-state index is 11.6. The number of hydrogen-bond donors (Lipinski definition) is 3. The van der Waals surface area contributed by atoms with Crippen LogP contribution in [-0.4, -0.2) is 36.7 Å². The standard InChI is InChI=1S/C13H16N2O5/c1-8-4-3-5-9(11(8)12(17)18)15-13(19)14-7-6-10(16)20-2/h3-5H,6-7H2,1-2H3,(H,17,18)(H2,14,15,19). The van der Waals surface area contributed by atoms with E-state index >= 15 is 0 Å². The highest BCUT2D eigenvalue weighted by molar-refractivity contribution is 6.01. The van der Waals surface area contributed by atoms with Crippen molar-refractivity contribution in [3.63, 3.8) is 0 Å². The van der Waals surface area contributed by atoms with Crippen LogP contribution in [0.2, 0.25) is 0 Å². The molecule has 0 heterocycles. The summed E-state index contributed by atoms with van der Waals surface area (Å²) in [6, 6.07) is 4.20. The van der Waals surface area contributed by atoms with Crippen LogP contribution in [-0.2, 0) is 9.53 Å². The predicted octanol–water partition coefficient (Wildman–Crippen LogP) is 1.38. The number of ether oxygens (including phenoxy) is 1. The van der Waals surface area contributed by atoms with Crippen LogP contribution in [0.4, 0.5) is 10.5 Å². The molecule has 0 unspecified atom stereocenters. The summed E-state index contributed by atoms with van der Waals surface area (Å²) in [5.74, 6) is -1.56. The van der Waals surface area contributed by atoms with Crippen LogP contribution in [0, 0.1) is 6.92 Å². The van der Waals surface area contributed by atoms with Crippen molar-refractivity contribution in [3.8, 4) is 0 Å². The van der Waals surface area contributed by atoms with Crippen molar-refractivity contribution in [1.29, 1.82) is 0 Å². The Hall–Kier alpha value is -2.57. The van der Waals surface area contributed by atoms with Crippen LogP contribution >= 0.6 is 0 Å². The Morgan fingerprint density at radius 2 is 2.00 bits per heavy atom. The predicted molar refractivity (Wildman–Crippen MR) is 71.8 cm³/mol. The fourth-order valence-electron chi connectivity index (χ4n) is 1.60. The summed E-state index contributed by atoms with van der Waals surface area (Å²) >= 11 is 0. The highest BCUT2D eigenvalue weighted by atomic mass is 16.5. The van der Waals surface area contributed by atoms with Crippen molar-refractivity contribution in [1.82, 2.24) is 5.32 Å². The second-order valence-electron chi connectivity index (χ2n) is 4.01. The van der Waals surface area contributed by atoms with Gasteiger partial charge in [-0.05, 0) is 18.6 Å². The first-order chi connectivity index (χ1) is 9.45. The molecule has 1 aromatic rings. The molecule has 108 valence electrons. The number of amides is 2. The number of hydrogen-bond acceptors (Lipinski definition) is 4. The topological polar surface area (TPSA) is 105 Å². The Balaban J connectivity index is 2.65. The fraction of sp³-hybridized carbons (Fsp3) is 0.308. The average molecular weight is 280 g/mol. The number of carbonyl (C=O) groups is 3. The molecule has 0 spiro atoms. The molecule has 20 heavy (non-hydrogen) atoms. The molecule has 0 radical (unpaired) electrons. The van der Waals surface area contributed by atoms with Gasteiger partial charge in [0.2, 0.25) is 0 Å². The quantitative estimate of drug-likeness (QED) is 0.707. The number of benzene rings is 1. The van der Waals surface area contributed by atoms with Gasteiger partial charge in [-0.25, -0.2) is 9.59 Å². The Morgan fingerprint density at radius 1 is 1.30 bits per heavy atom. The van der Waals surface area contributed by atoms with E-state index in [0.29, 0.717) is 5.56 Å². The summed E-state index contributed by atoms with van der Waals surface area (Å²) in [5, 5.41) is 14.0. The monoisotopic (exact) mass is 280 g/mol. The van der Waals surface area contributed by atoms with Crippen molar-refractivity contribution in [2.75, 3.05) is 19.0 Å². The van der Waals surface area contributed by atoms with Gasteiger partial charge >= 0.3 is 18.0 Å². The first-order valence-corrected chi connectivity index (χ1v) is 5.90. The van der Waals surface area contributed by atoms with Crippen LogP contribution in [0.1, 0.15) is 22.3 Å². The molecule has 0 aliphatic rings. The molecule has 1 rings (SSSR count). The minimum absolute atomic E-state index is 0.0376. The number of carboxylic acids is 1. The lowest BCUT2D eigenvalue weighted by Gasteiger charge is -2.11. The van der Waals surface area contributed by atoms with Gasteiger partial charge < -0.3 is 20.5 Å². The van der Waals surface area contributed by atoms with E-state index in [1.807, 2.05) is 0 Å². The molecule has 0 fully saturated rings. The molecule has 0 atom stereocenters. The van der Waals surface area contributed by atoms with Crippen molar-refractivity contribution in [2.24, 2.45) is 0 Å². The highest BCUT2D eigenvalue weighted by Crippen LogP contribution is 2.19. The molecule has 1 aromatic carbocycles. The van der Waals surface area contributed by atoms with Gasteiger partial charge in [0.25, 0.3) is 0 Å². The third-order valence-electron chi connectivity index (χ3n) is 2.58. The van der Waals surface area contributed by atoms with Gasteiger partial charge in [0.15, 0.2) is 0 Å². The third-order valence-corrected chi connectivity index (χ3v) is 2.58. The SMILES string of the molecule is COC(=O)CCNC(=O)Nc1cccc(C)c1C(=O)O. The highest BCUT2D eigenvalue weighted by Gasteiger charge is 2.14. The molecule has 0 aliphatic heterocycles. The minimum Gasteiger partial charge on any atom is -0.478 e. The number of carboxylic acid groups (broad SMARTS) is 1. The minimum atomic E-state index is -1.12. The summed E-state index contributed by atoms with van der Waals surface area (Å²) in [7, 11) is 1.26. The normalized spacial score (nSPS) is 9.70. The van der Waals surface area contributed by atoms with E-state index in [9.17, 15) is 14.4 Å². The second kappa shape index (κ2) is 7.13. The Morgan fingerprint density at radius 3 is 2.60 bits per heavy atom. The molecular weight excluding hydrogens is 264 g/mol. The van der Waals surface area contributed by atoms with Crippen molar-refractivity contribution in [2.45, 2.75) is 13.3 Å². The zero-order chi connectivity index (χ0) is 15.1. The first-order valence-electron chi connectivity index (χ1n) is 5.90. The number of anilines is 1. The van der Waals surface area contributed by atoms with Gasteiger partial charge in [0, 0.05) is 6.54 Å². The zero-order valence-corrected chi connectivity index (χ0v) is 11.2. The summed E-state index contributed by atoms with van der Waals surface area (Å²) in [5.41, 5.74) is 0.786. The number of methoxy groups -OCH3 is 1. The largest absolute Gasteiger partial charge is 0.478 e. The van der Waals surface area contributed by atoms with E-state index in [-0.39, 0.29) is 24.2 Å². The molecule has 0 aromatic heterocycles. The van der Waals surface area contributed by atoms with Gasteiger partial charge in [-0.3, -0.25) is 4.79 Å². The molecular formula is C13H16N2O5. The van der Waals surface area contributed by atoms with E-state index < -0.39 is 18.0 Å². The number of aryl methyl sites for hydroxylation is 1. The van der Waals surface area contributed by atoms with Crippen LogP contribution in [0.5, 0.6) is 0 Å². The van der Waals surface area contributed by atoms with Gasteiger partial charge in [-0.1, -0.05) is 12.1 Å². The van der Waals surface area contributed by atoms with Crippen molar-refractivity contribution in [3.05, 3.63) is 29.3 Å². The van der Waals surface area contributed by atoms with E-state index in [4.69, 9.17) is 5.11 Å². The van der Waals surface area contributed by atoms with Crippen molar-refractivity contribution >= 4 is 23.7 Å². The smallest absolute Gasteiger partial charge is 0.338 e. The molecule has 0 bridgehead atoms. The Bertz CT molecular complexity index is 527. The number of urea groups is 1. The molecule has 0 saturated heterocycles. The molecule has 0 aliphatic carbocycles. The van der Waals surface area contributed by atoms with Gasteiger partial charge in [0.1, 0.15) is 0 Å².